The third kappa shape index (κ3) is 3.47. The predicted molar refractivity (Wildman–Crippen MR) is 78.2 cm³/mol. The highest BCUT2D eigenvalue weighted by atomic mass is 16.2. The molecule has 104 valence electrons. The number of benzene rings is 1. The molecule has 0 aliphatic carbocycles. The van der Waals surface area contributed by atoms with Crippen molar-refractivity contribution in [2.75, 3.05) is 32.0 Å². The summed E-state index contributed by atoms with van der Waals surface area (Å²) in [4.78, 5) is 16.5. The van der Waals surface area contributed by atoms with E-state index < -0.39 is 0 Å². The average molecular weight is 261 g/mol. The second-order valence-electron chi connectivity index (χ2n) is 5.38. The van der Waals surface area contributed by atoms with E-state index >= 15 is 0 Å². The van der Waals surface area contributed by atoms with Gasteiger partial charge in [-0.1, -0.05) is 18.2 Å². The summed E-state index contributed by atoms with van der Waals surface area (Å²) in [7, 11) is 2.12. The lowest BCUT2D eigenvalue weighted by Gasteiger charge is -2.42. The van der Waals surface area contributed by atoms with Crippen molar-refractivity contribution in [1.29, 1.82) is 0 Å². The Kier molecular flexibility index (Phi) is 4.43. The van der Waals surface area contributed by atoms with Gasteiger partial charge in [-0.05, 0) is 33.0 Å². The van der Waals surface area contributed by atoms with Crippen LogP contribution in [0.3, 0.4) is 0 Å². The topological polar surface area (TPSA) is 35.6 Å². The maximum atomic E-state index is 12.2. The lowest BCUT2D eigenvalue weighted by atomic mass is 10.1. The van der Waals surface area contributed by atoms with Crippen molar-refractivity contribution in [2.45, 2.75) is 25.9 Å². The minimum absolute atomic E-state index is 0.177. The summed E-state index contributed by atoms with van der Waals surface area (Å²) in [6.07, 6.45) is 0. The maximum Gasteiger partial charge on any atom is 0.241 e. The maximum absolute atomic E-state index is 12.2. The van der Waals surface area contributed by atoms with Crippen LogP contribution in [0.1, 0.15) is 13.8 Å². The number of amides is 1. The van der Waals surface area contributed by atoms with E-state index in [4.69, 9.17) is 0 Å². The molecule has 4 heteroatoms. The first-order valence-corrected chi connectivity index (χ1v) is 6.86. The number of nitrogens with zero attached hydrogens (tertiary/aromatic N) is 2. The number of para-hydroxylation sites is 1. The first-order chi connectivity index (χ1) is 9.08. The van der Waals surface area contributed by atoms with Gasteiger partial charge >= 0.3 is 0 Å². The number of rotatable bonds is 3. The van der Waals surface area contributed by atoms with Gasteiger partial charge in [-0.3, -0.25) is 9.69 Å². The van der Waals surface area contributed by atoms with Crippen LogP contribution in [0.25, 0.3) is 0 Å². The number of anilines is 1. The molecular weight excluding hydrogens is 238 g/mol. The zero-order valence-electron chi connectivity index (χ0n) is 12.0. The van der Waals surface area contributed by atoms with Crippen LogP contribution < -0.4 is 5.32 Å². The van der Waals surface area contributed by atoms with Gasteiger partial charge in [0.1, 0.15) is 0 Å². The van der Waals surface area contributed by atoms with Gasteiger partial charge in [0.2, 0.25) is 5.91 Å². The number of hydrogen-bond donors (Lipinski definition) is 1. The standard InChI is InChI=1S/C15H23N3O/c1-12-10-18(11-13(2)17(12)3)15(19)9-16-14-7-5-4-6-8-14/h4-8,12-13,16H,9-11H2,1-3H3. The summed E-state index contributed by atoms with van der Waals surface area (Å²) in [6, 6.07) is 10.7. The summed E-state index contributed by atoms with van der Waals surface area (Å²) in [5, 5.41) is 3.18. The second kappa shape index (κ2) is 6.06. The highest BCUT2D eigenvalue weighted by Gasteiger charge is 2.28. The van der Waals surface area contributed by atoms with Crippen molar-refractivity contribution in [3.63, 3.8) is 0 Å². The Bertz CT molecular complexity index is 409. The summed E-state index contributed by atoms with van der Waals surface area (Å²) in [5.41, 5.74) is 0.992. The zero-order chi connectivity index (χ0) is 13.8. The molecule has 0 bridgehead atoms. The van der Waals surface area contributed by atoms with Gasteiger partial charge in [0.05, 0.1) is 6.54 Å². The Morgan fingerprint density at radius 3 is 2.37 bits per heavy atom. The van der Waals surface area contributed by atoms with Crippen LogP contribution in [0, 0.1) is 0 Å². The Labute approximate surface area is 115 Å². The van der Waals surface area contributed by atoms with Crippen LogP contribution in [0.4, 0.5) is 5.69 Å². The van der Waals surface area contributed by atoms with Gasteiger partial charge in [0.25, 0.3) is 0 Å². The summed E-state index contributed by atoms with van der Waals surface area (Å²) >= 11 is 0. The van der Waals surface area contributed by atoms with Crippen LogP contribution >= 0.6 is 0 Å². The van der Waals surface area contributed by atoms with E-state index in [2.05, 4.69) is 31.1 Å². The molecule has 1 fully saturated rings. The molecule has 1 aliphatic heterocycles. The van der Waals surface area contributed by atoms with Crippen molar-refractivity contribution < 1.29 is 4.79 Å². The second-order valence-corrected chi connectivity index (χ2v) is 5.38. The highest BCUT2D eigenvalue weighted by Crippen LogP contribution is 2.13. The lowest BCUT2D eigenvalue weighted by Crippen LogP contribution is -2.57. The summed E-state index contributed by atoms with van der Waals surface area (Å²) in [6.45, 7) is 6.33. The fraction of sp³-hybridized carbons (Fsp3) is 0.533. The molecule has 0 radical (unpaired) electrons. The van der Waals surface area contributed by atoms with Crippen LogP contribution in [-0.2, 0) is 4.79 Å². The number of nitrogens with one attached hydrogen (secondary N) is 1. The van der Waals surface area contributed by atoms with E-state index in [0.29, 0.717) is 18.6 Å². The van der Waals surface area contributed by atoms with E-state index in [1.165, 1.54) is 0 Å². The predicted octanol–water partition coefficient (Wildman–Crippen LogP) is 1.65. The first kappa shape index (κ1) is 13.9. The first-order valence-electron chi connectivity index (χ1n) is 6.86. The molecule has 2 rings (SSSR count). The van der Waals surface area contributed by atoms with Gasteiger partial charge in [-0.25, -0.2) is 0 Å². The Hall–Kier alpha value is -1.55. The minimum Gasteiger partial charge on any atom is -0.376 e. The van der Waals surface area contributed by atoms with E-state index in [1.54, 1.807) is 0 Å². The third-order valence-electron chi connectivity index (χ3n) is 3.93. The Balaban J connectivity index is 1.87. The largest absolute Gasteiger partial charge is 0.376 e. The van der Waals surface area contributed by atoms with Crippen molar-refractivity contribution in [2.24, 2.45) is 0 Å². The molecule has 1 aliphatic rings. The molecule has 0 saturated carbocycles. The number of hydrogen-bond acceptors (Lipinski definition) is 3. The molecule has 1 aromatic carbocycles. The van der Waals surface area contributed by atoms with Gasteiger partial charge in [0.15, 0.2) is 0 Å². The molecule has 19 heavy (non-hydrogen) atoms. The number of carbonyl (C=O) groups is 1. The average Bonchev–Trinajstić information content (AvgIpc) is 2.42. The van der Waals surface area contributed by atoms with Gasteiger partial charge in [-0.2, -0.15) is 0 Å². The lowest BCUT2D eigenvalue weighted by molar-refractivity contribution is -0.133. The van der Waals surface area contributed by atoms with Crippen molar-refractivity contribution >= 4 is 11.6 Å². The number of carbonyl (C=O) groups excluding carboxylic acids is 1. The van der Waals surface area contributed by atoms with Crippen molar-refractivity contribution in [3.8, 4) is 0 Å². The summed E-state index contributed by atoms with van der Waals surface area (Å²) < 4.78 is 0. The molecule has 0 aromatic heterocycles. The molecule has 1 amide bonds. The molecule has 1 aromatic rings. The molecule has 1 saturated heterocycles. The van der Waals surface area contributed by atoms with Crippen LogP contribution in [0.2, 0.25) is 0 Å². The van der Waals surface area contributed by atoms with Crippen LogP contribution in [-0.4, -0.2) is 54.5 Å². The Morgan fingerprint density at radius 1 is 1.21 bits per heavy atom. The van der Waals surface area contributed by atoms with Crippen molar-refractivity contribution in [3.05, 3.63) is 30.3 Å². The smallest absolute Gasteiger partial charge is 0.241 e. The quantitative estimate of drug-likeness (QED) is 0.898. The monoisotopic (exact) mass is 261 g/mol. The van der Waals surface area contributed by atoms with Crippen LogP contribution in [0.15, 0.2) is 30.3 Å². The highest BCUT2D eigenvalue weighted by molar-refractivity contribution is 5.81. The minimum atomic E-state index is 0.177. The van der Waals surface area contributed by atoms with Crippen molar-refractivity contribution in [1.82, 2.24) is 9.80 Å². The van der Waals surface area contributed by atoms with Gasteiger partial charge in [-0.15, -0.1) is 0 Å². The van der Waals surface area contributed by atoms with Gasteiger partial charge < -0.3 is 10.2 Å². The molecular formula is C15H23N3O. The molecule has 1 heterocycles. The number of piperazine rings is 1. The Morgan fingerprint density at radius 2 is 1.79 bits per heavy atom. The van der Waals surface area contributed by atoms with E-state index in [1.807, 2.05) is 35.2 Å². The summed E-state index contributed by atoms with van der Waals surface area (Å²) in [5.74, 6) is 0.177. The molecule has 4 nitrogen and oxygen atoms in total. The van der Waals surface area contributed by atoms with E-state index in [0.717, 1.165) is 18.8 Å². The third-order valence-corrected chi connectivity index (χ3v) is 3.93. The molecule has 2 atom stereocenters. The zero-order valence-corrected chi connectivity index (χ0v) is 12.0. The number of likely N-dealkylation sites (N-methyl/N-ethyl adjacent to an activating group) is 1. The van der Waals surface area contributed by atoms with E-state index in [-0.39, 0.29) is 5.91 Å². The fourth-order valence-electron chi connectivity index (χ4n) is 2.45. The van der Waals surface area contributed by atoms with Gasteiger partial charge in [0, 0.05) is 30.9 Å². The SMILES string of the molecule is CC1CN(C(=O)CNc2ccccc2)CC(C)N1C. The fourth-order valence-corrected chi connectivity index (χ4v) is 2.45. The molecule has 1 N–H and O–H groups in total. The van der Waals surface area contributed by atoms with E-state index in [9.17, 15) is 4.79 Å². The normalized spacial score (nSPS) is 24.3. The molecule has 2 unspecified atom stereocenters. The molecule has 0 spiro atoms. The van der Waals surface area contributed by atoms with Crippen LogP contribution in [0.5, 0.6) is 0 Å².